The molecule has 3 nitrogen and oxygen atoms in total. The summed E-state index contributed by atoms with van der Waals surface area (Å²) in [6.45, 7) is 9.70. The first-order valence-electron chi connectivity index (χ1n) is 12.0. The topological polar surface area (TPSA) is 54.4 Å². The Balaban J connectivity index is 1.67. The van der Waals surface area contributed by atoms with Gasteiger partial charge in [0.1, 0.15) is 5.78 Å². The van der Waals surface area contributed by atoms with Crippen molar-refractivity contribution in [2.24, 2.45) is 46.8 Å². The van der Waals surface area contributed by atoms with Crippen LogP contribution in [0.25, 0.3) is 0 Å². The predicted molar refractivity (Wildman–Crippen MR) is 113 cm³/mol. The largest absolute Gasteiger partial charge is 0.481 e. The lowest BCUT2D eigenvalue weighted by Crippen LogP contribution is -2.48. The van der Waals surface area contributed by atoms with Gasteiger partial charge in [0.15, 0.2) is 0 Å². The van der Waals surface area contributed by atoms with Gasteiger partial charge in [0.25, 0.3) is 0 Å². The molecule has 7 atom stereocenters. The second-order valence-corrected chi connectivity index (χ2v) is 11.0. The Hall–Kier alpha value is -0.860. The van der Waals surface area contributed by atoms with E-state index in [2.05, 4.69) is 27.7 Å². The standard InChI is InChI=1S/C25H42O3/c1-16(2)6-5-7-17(3)21-10-11-22-19-8-12-23(26)20(9-13-24(27)28)18(19)14-15-25(21,22)4/h16-22H,5-15H2,1-4H3,(H,27,28)/t17?,18?,19?,20?,21?,22?,25-/m1/s1. The lowest BCUT2D eigenvalue weighted by molar-refractivity contribution is -0.139. The van der Waals surface area contributed by atoms with E-state index in [4.69, 9.17) is 5.11 Å². The van der Waals surface area contributed by atoms with Gasteiger partial charge in [-0.3, -0.25) is 9.59 Å². The van der Waals surface area contributed by atoms with Gasteiger partial charge in [0.05, 0.1) is 0 Å². The summed E-state index contributed by atoms with van der Waals surface area (Å²) < 4.78 is 0. The number of aliphatic carboxylic acids is 1. The van der Waals surface area contributed by atoms with Crippen LogP contribution in [-0.4, -0.2) is 16.9 Å². The van der Waals surface area contributed by atoms with Crippen molar-refractivity contribution in [2.45, 2.75) is 98.3 Å². The van der Waals surface area contributed by atoms with Gasteiger partial charge in [-0.15, -0.1) is 0 Å². The SMILES string of the molecule is CC(C)CCCC(C)C1CCC2C3CCC(=O)C(CCC(=O)O)C3CC[C@]12C. The summed E-state index contributed by atoms with van der Waals surface area (Å²) >= 11 is 0. The van der Waals surface area contributed by atoms with Crippen LogP contribution in [-0.2, 0) is 9.59 Å². The van der Waals surface area contributed by atoms with Gasteiger partial charge in [-0.2, -0.15) is 0 Å². The third kappa shape index (κ3) is 4.33. The minimum atomic E-state index is -0.758. The van der Waals surface area contributed by atoms with E-state index < -0.39 is 5.97 Å². The van der Waals surface area contributed by atoms with Crippen molar-refractivity contribution in [3.05, 3.63) is 0 Å². The zero-order chi connectivity index (χ0) is 20.5. The van der Waals surface area contributed by atoms with E-state index in [-0.39, 0.29) is 12.3 Å². The molecule has 0 bridgehead atoms. The Morgan fingerprint density at radius 1 is 1.11 bits per heavy atom. The molecule has 0 spiro atoms. The normalized spacial score (nSPS) is 38.9. The highest BCUT2D eigenvalue weighted by Crippen LogP contribution is 2.64. The van der Waals surface area contributed by atoms with E-state index >= 15 is 0 Å². The molecule has 0 saturated heterocycles. The fraction of sp³-hybridized carbons (Fsp3) is 0.920. The van der Waals surface area contributed by atoms with Crippen molar-refractivity contribution in [3.63, 3.8) is 0 Å². The van der Waals surface area contributed by atoms with Gasteiger partial charge >= 0.3 is 5.97 Å². The van der Waals surface area contributed by atoms with Crippen LogP contribution >= 0.6 is 0 Å². The Morgan fingerprint density at radius 2 is 1.86 bits per heavy atom. The number of carbonyl (C=O) groups excluding carboxylic acids is 1. The zero-order valence-electron chi connectivity index (χ0n) is 18.6. The summed E-state index contributed by atoms with van der Waals surface area (Å²) in [6.07, 6.45) is 11.6. The van der Waals surface area contributed by atoms with Crippen LogP contribution in [0.15, 0.2) is 0 Å². The summed E-state index contributed by atoms with van der Waals surface area (Å²) in [4.78, 5) is 23.7. The van der Waals surface area contributed by atoms with Gasteiger partial charge in [-0.25, -0.2) is 0 Å². The van der Waals surface area contributed by atoms with E-state index in [1.807, 2.05) is 0 Å². The predicted octanol–water partition coefficient (Wildman–Crippen LogP) is 6.35. The van der Waals surface area contributed by atoms with Crippen LogP contribution < -0.4 is 0 Å². The van der Waals surface area contributed by atoms with Crippen molar-refractivity contribution < 1.29 is 14.7 Å². The number of hydrogen-bond acceptors (Lipinski definition) is 2. The average molecular weight is 391 g/mol. The van der Waals surface area contributed by atoms with Crippen molar-refractivity contribution in [1.82, 2.24) is 0 Å². The van der Waals surface area contributed by atoms with Crippen molar-refractivity contribution >= 4 is 11.8 Å². The summed E-state index contributed by atoms with van der Waals surface area (Å²) in [5.74, 6) is 3.91. The van der Waals surface area contributed by atoms with E-state index in [1.165, 1.54) is 38.5 Å². The first kappa shape index (κ1) is 21.8. The molecular weight excluding hydrogens is 348 g/mol. The van der Waals surface area contributed by atoms with Crippen molar-refractivity contribution in [3.8, 4) is 0 Å². The highest BCUT2D eigenvalue weighted by Gasteiger charge is 2.57. The van der Waals surface area contributed by atoms with Crippen molar-refractivity contribution in [1.29, 1.82) is 0 Å². The van der Waals surface area contributed by atoms with Gasteiger partial charge in [-0.05, 0) is 79.4 Å². The second kappa shape index (κ2) is 8.88. The summed E-state index contributed by atoms with van der Waals surface area (Å²) in [5, 5.41) is 9.11. The monoisotopic (exact) mass is 390 g/mol. The second-order valence-electron chi connectivity index (χ2n) is 11.0. The van der Waals surface area contributed by atoms with Crippen molar-refractivity contribution in [2.75, 3.05) is 0 Å². The lowest BCUT2D eigenvalue weighted by Gasteiger charge is -2.53. The summed E-state index contributed by atoms with van der Waals surface area (Å²) in [7, 11) is 0. The molecule has 0 aromatic heterocycles. The molecule has 3 aliphatic rings. The molecule has 0 aromatic rings. The minimum absolute atomic E-state index is 0.0157. The third-order valence-corrected chi connectivity index (χ3v) is 9.02. The molecule has 3 fully saturated rings. The molecule has 3 heteroatoms. The molecule has 0 aromatic carbocycles. The highest BCUT2D eigenvalue weighted by molar-refractivity contribution is 5.82. The molecule has 1 N–H and O–H groups in total. The fourth-order valence-corrected chi connectivity index (χ4v) is 7.64. The molecule has 0 aliphatic heterocycles. The van der Waals surface area contributed by atoms with Crippen LogP contribution in [0.2, 0.25) is 0 Å². The number of ketones is 1. The maximum atomic E-state index is 12.6. The van der Waals surface area contributed by atoms with Gasteiger partial charge in [-0.1, -0.05) is 47.0 Å². The number of rotatable bonds is 8. The number of carbonyl (C=O) groups is 2. The van der Waals surface area contributed by atoms with Gasteiger partial charge in [0.2, 0.25) is 0 Å². The first-order chi connectivity index (χ1) is 13.2. The molecule has 0 amide bonds. The number of carboxylic acids is 1. The quantitative estimate of drug-likeness (QED) is 0.525. The summed E-state index contributed by atoms with van der Waals surface area (Å²) in [5.41, 5.74) is 0.441. The zero-order valence-corrected chi connectivity index (χ0v) is 18.6. The molecule has 3 rings (SSSR count). The Bertz CT molecular complexity index is 568. The van der Waals surface area contributed by atoms with E-state index in [9.17, 15) is 9.59 Å². The average Bonchev–Trinajstić information content (AvgIpc) is 2.97. The Kier molecular flexibility index (Phi) is 6.92. The van der Waals surface area contributed by atoms with Crippen LogP contribution in [0.5, 0.6) is 0 Å². The molecule has 0 heterocycles. The molecule has 28 heavy (non-hydrogen) atoms. The minimum Gasteiger partial charge on any atom is -0.481 e. The summed E-state index contributed by atoms with van der Waals surface area (Å²) in [6, 6.07) is 0. The first-order valence-corrected chi connectivity index (χ1v) is 12.0. The van der Waals surface area contributed by atoms with E-state index in [1.54, 1.807) is 0 Å². The Morgan fingerprint density at radius 3 is 2.54 bits per heavy atom. The van der Waals surface area contributed by atoms with E-state index in [0.29, 0.717) is 35.9 Å². The van der Waals surface area contributed by atoms with Crippen LogP contribution in [0.1, 0.15) is 98.3 Å². The van der Waals surface area contributed by atoms with Crippen LogP contribution in [0.3, 0.4) is 0 Å². The molecule has 160 valence electrons. The number of hydrogen-bond donors (Lipinski definition) is 1. The molecular formula is C25H42O3. The maximum Gasteiger partial charge on any atom is 0.303 e. The fourth-order valence-electron chi connectivity index (χ4n) is 7.64. The van der Waals surface area contributed by atoms with Crippen LogP contribution in [0, 0.1) is 46.8 Å². The van der Waals surface area contributed by atoms with Crippen LogP contribution in [0.4, 0.5) is 0 Å². The van der Waals surface area contributed by atoms with Gasteiger partial charge < -0.3 is 5.11 Å². The third-order valence-electron chi connectivity index (χ3n) is 9.02. The number of carboxylic acid groups (broad SMARTS) is 1. The number of fused-ring (bicyclic) bond motifs is 3. The van der Waals surface area contributed by atoms with E-state index in [0.717, 1.165) is 36.5 Å². The maximum absolute atomic E-state index is 12.6. The molecule has 3 saturated carbocycles. The van der Waals surface area contributed by atoms with Gasteiger partial charge in [0, 0.05) is 18.8 Å². The smallest absolute Gasteiger partial charge is 0.303 e. The highest BCUT2D eigenvalue weighted by atomic mass is 16.4. The lowest BCUT2D eigenvalue weighted by atomic mass is 9.51. The number of Topliss-reactive ketones (excluding diaryl/α,β-unsaturated/α-hetero) is 1. The molecule has 0 radical (unpaired) electrons. The molecule has 6 unspecified atom stereocenters. The Labute approximate surface area is 172 Å². The molecule has 3 aliphatic carbocycles.